The summed E-state index contributed by atoms with van der Waals surface area (Å²) in [5.41, 5.74) is 4.06. The molecule has 0 atom stereocenters. The highest BCUT2D eigenvalue weighted by Gasteiger charge is 2.13. The lowest BCUT2D eigenvalue weighted by Crippen LogP contribution is -2.26. The van der Waals surface area contributed by atoms with Crippen molar-refractivity contribution < 1.29 is 4.79 Å². The van der Waals surface area contributed by atoms with Crippen molar-refractivity contribution in [3.05, 3.63) is 47.4 Å². The number of amides is 1. The van der Waals surface area contributed by atoms with Gasteiger partial charge in [0, 0.05) is 30.8 Å². The maximum Gasteiger partial charge on any atom is 0.273 e. The zero-order valence-corrected chi connectivity index (χ0v) is 12.6. The minimum Gasteiger partial charge on any atom is -0.351 e. The van der Waals surface area contributed by atoms with E-state index in [-0.39, 0.29) is 5.91 Å². The molecule has 0 aromatic carbocycles. The Morgan fingerprint density at radius 2 is 2.27 bits per heavy atom. The number of hydrogen-bond donors (Lipinski definition) is 2. The number of aromatic nitrogens is 5. The molecule has 0 spiro atoms. The van der Waals surface area contributed by atoms with E-state index in [9.17, 15) is 4.79 Å². The van der Waals surface area contributed by atoms with Crippen LogP contribution in [0, 0.1) is 13.8 Å². The minimum atomic E-state index is -0.194. The fourth-order valence-corrected chi connectivity index (χ4v) is 2.39. The third-order valence-electron chi connectivity index (χ3n) is 3.55. The Bertz CT molecular complexity index is 803. The van der Waals surface area contributed by atoms with Gasteiger partial charge in [0.15, 0.2) is 11.3 Å². The Hall–Kier alpha value is -2.70. The molecular weight excluding hydrogens is 280 g/mol. The number of nitrogens with zero attached hydrogens (tertiary/aromatic N) is 4. The second-order valence-corrected chi connectivity index (χ2v) is 5.27. The monoisotopic (exact) mass is 298 g/mol. The molecule has 0 aliphatic rings. The summed E-state index contributed by atoms with van der Waals surface area (Å²) in [5.74, 6) is -0.194. The van der Waals surface area contributed by atoms with Crippen LogP contribution in [0.5, 0.6) is 0 Å². The maximum absolute atomic E-state index is 12.3. The van der Waals surface area contributed by atoms with E-state index in [1.165, 1.54) is 5.56 Å². The second kappa shape index (κ2) is 5.97. The summed E-state index contributed by atoms with van der Waals surface area (Å²) in [5, 5.41) is 9.79. The number of fused-ring (bicyclic) bond motifs is 1. The summed E-state index contributed by atoms with van der Waals surface area (Å²) in [4.78, 5) is 20.7. The summed E-state index contributed by atoms with van der Waals surface area (Å²) in [7, 11) is 0. The van der Waals surface area contributed by atoms with Crippen molar-refractivity contribution in [3.8, 4) is 0 Å². The Morgan fingerprint density at radius 3 is 3.05 bits per heavy atom. The molecule has 3 aromatic rings. The number of nitrogens with one attached hydrogen (secondary N) is 2. The van der Waals surface area contributed by atoms with Gasteiger partial charge in [0.25, 0.3) is 5.91 Å². The molecule has 3 rings (SSSR count). The molecule has 2 N–H and O–H groups in total. The van der Waals surface area contributed by atoms with Gasteiger partial charge in [-0.1, -0.05) is 0 Å². The minimum absolute atomic E-state index is 0.194. The van der Waals surface area contributed by atoms with Gasteiger partial charge in [0.1, 0.15) is 0 Å². The molecule has 0 unspecified atom stereocenters. The van der Waals surface area contributed by atoms with Crippen LogP contribution in [0.4, 0.5) is 0 Å². The maximum atomic E-state index is 12.3. The van der Waals surface area contributed by atoms with Crippen molar-refractivity contribution in [2.75, 3.05) is 6.54 Å². The van der Waals surface area contributed by atoms with E-state index in [1.807, 2.05) is 30.6 Å². The number of rotatable bonds is 5. The van der Waals surface area contributed by atoms with Crippen LogP contribution in [-0.2, 0) is 6.42 Å². The van der Waals surface area contributed by atoms with Crippen LogP contribution < -0.4 is 5.32 Å². The quantitative estimate of drug-likeness (QED) is 0.698. The molecule has 7 nitrogen and oxygen atoms in total. The van der Waals surface area contributed by atoms with Gasteiger partial charge in [-0.05, 0) is 32.3 Å². The molecule has 0 saturated carbocycles. The van der Waals surface area contributed by atoms with E-state index >= 15 is 0 Å². The molecule has 0 aliphatic carbocycles. The highest BCUT2D eigenvalue weighted by molar-refractivity contribution is 5.97. The number of imidazole rings is 1. The molecule has 114 valence electrons. The van der Waals surface area contributed by atoms with Crippen molar-refractivity contribution in [1.29, 1.82) is 0 Å². The summed E-state index contributed by atoms with van der Waals surface area (Å²) in [6.45, 7) is 4.47. The Morgan fingerprint density at radius 1 is 1.41 bits per heavy atom. The molecule has 0 radical (unpaired) electrons. The first-order valence-corrected chi connectivity index (χ1v) is 7.22. The van der Waals surface area contributed by atoms with Gasteiger partial charge >= 0.3 is 0 Å². The lowest BCUT2D eigenvalue weighted by Gasteiger charge is -2.05. The summed E-state index contributed by atoms with van der Waals surface area (Å²) >= 11 is 0. The number of carbonyl (C=O) groups is 1. The lowest BCUT2D eigenvalue weighted by atomic mass is 10.1. The number of aromatic amines is 1. The smallest absolute Gasteiger partial charge is 0.273 e. The number of carbonyl (C=O) groups excluding carboxylic acids is 1. The molecule has 7 heteroatoms. The molecule has 22 heavy (non-hydrogen) atoms. The number of aryl methyl sites for hydroxylation is 3. The van der Waals surface area contributed by atoms with Crippen molar-refractivity contribution >= 4 is 11.6 Å². The van der Waals surface area contributed by atoms with Gasteiger partial charge in [-0.25, -0.2) is 9.97 Å². The molecule has 0 fully saturated rings. The highest BCUT2D eigenvalue weighted by Crippen LogP contribution is 2.08. The van der Waals surface area contributed by atoms with Crippen LogP contribution >= 0.6 is 0 Å². The topological polar surface area (TPSA) is 88.0 Å². The van der Waals surface area contributed by atoms with Crippen LogP contribution in [0.3, 0.4) is 0 Å². The van der Waals surface area contributed by atoms with Crippen molar-refractivity contribution in [2.24, 2.45) is 0 Å². The molecule has 0 bridgehead atoms. The average molecular weight is 298 g/mol. The summed E-state index contributed by atoms with van der Waals surface area (Å²) < 4.78 is 1.81. The first-order valence-electron chi connectivity index (χ1n) is 7.22. The largest absolute Gasteiger partial charge is 0.351 e. The molecule has 1 amide bonds. The highest BCUT2D eigenvalue weighted by atomic mass is 16.1. The van der Waals surface area contributed by atoms with Crippen molar-refractivity contribution in [1.82, 2.24) is 29.9 Å². The van der Waals surface area contributed by atoms with E-state index in [4.69, 9.17) is 0 Å². The molecule has 3 heterocycles. The van der Waals surface area contributed by atoms with Crippen LogP contribution in [-0.4, -0.2) is 37.0 Å². The SMILES string of the molecule is Cc1cn2ccnc(C(=O)NCCCc3cn[nH]c3C)c2n1. The Labute approximate surface area is 127 Å². The van der Waals surface area contributed by atoms with Gasteiger partial charge < -0.3 is 9.72 Å². The van der Waals surface area contributed by atoms with Crippen molar-refractivity contribution in [3.63, 3.8) is 0 Å². The van der Waals surface area contributed by atoms with Gasteiger partial charge in [-0.2, -0.15) is 5.10 Å². The van der Waals surface area contributed by atoms with E-state index in [0.29, 0.717) is 17.9 Å². The first kappa shape index (κ1) is 14.2. The van der Waals surface area contributed by atoms with Crippen LogP contribution in [0.25, 0.3) is 5.65 Å². The lowest BCUT2D eigenvalue weighted by molar-refractivity contribution is 0.0949. The fraction of sp³-hybridized carbons (Fsp3) is 0.333. The standard InChI is InChI=1S/C15H18N6O/c1-10-9-21-7-6-16-13(14(21)19-10)15(22)17-5-3-4-12-8-18-20-11(12)2/h6-9H,3-5H2,1-2H3,(H,17,22)(H,18,20). The summed E-state index contributed by atoms with van der Waals surface area (Å²) in [6, 6.07) is 0. The van der Waals surface area contributed by atoms with E-state index in [2.05, 4.69) is 25.5 Å². The molecule has 0 aliphatic heterocycles. The molecule has 3 aromatic heterocycles. The van der Waals surface area contributed by atoms with Gasteiger partial charge in [-0.15, -0.1) is 0 Å². The predicted octanol–water partition coefficient (Wildman–Crippen LogP) is 1.43. The third kappa shape index (κ3) is 2.83. The zero-order valence-electron chi connectivity index (χ0n) is 12.6. The van der Waals surface area contributed by atoms with Crippen molar-refractivity contribution in [2.45, 2.75) is 26.7 Å². The van der Waals surface area contributed by atoms with Gasteiger partial charge in [0.05, 0.1) is 11.9 Å². The van der Waals surface area contributed by atoms with E-state index in [1.54, 1.807) is 12.4 Å². The van der Waals surface area contributed by atoms with Gasteiger partial charge in [-0.3, -0.25) is 9.89 Å². The predicted molar refractivity (Wildman–Crippen MR) is 81.7 cm³/mol. The van der Waals surface area contributed by atoms with E-state index in [0.717, 1.165) is 24.2 Å². The van der Waals surface area contributed by atoms with Crippen LogP contribution in [0.2, 0.25) is 0 Å². The normalized spacial score (nSPS) is 11.0. The summed E-state index contributed by atoms with van der Waals surface area (Å²) in [6.07, 6.45) is 8.82. The number of hydrogen-bond acceptors (Lipinski definition) is 4. The number of H-pyrrole nitrogens is 1. The zero-order chi connectivity index (χ0) is 15.5. The van der Waals surface area contributed by atoms with E-state index < -0.39 is 0 Å². The van der Waals surface area contributed by atoms with Crippen LogP contribution in [0.15, 0.2) is 24.8 Å². The Balaban J connectivity index is 1.60. The first-order chi connectivity index (χ1) is 10.6. The Kier molecular flexibility index (Phi) is 3.86. The fourth-order valence-electron chi connectivity index (χ4n) is 2.39. The third-order valence-corrected chi connectivity index (χ3v) is 3.55. The van der Waals surface area contributed by atoms with Crippen LogP contribution in [0.1, 0.15) is 33.9 Å². The molecular formula is C15H18N6O. The second-order valence-electron chi connectivity index (χ2n) is 5.27. The van der Waals surface area contributed by atoms with Gasteiger partial charge in [0.2, 0.25) is 0 Å². The molecule has 0 saturated heterocycles. The average Bonchev–Trinajstić information content (AvgIpc) is 3.07.